The van der Waals surface area contributed by atoms with Crippen LogP contribution in [0.3, 0.4) is 0 Å². The fourth-order valence-corrected chi connectivity index (χ4v) is 17.8. The fourth-order valence-electron chi connectivity index (χ4n) is 17.8. The first-order valence-electron chi connectivity index (χ1n) is 45.4. The molecule has 0 aromatic heterocycles. The molecule has 7 aliphatic heterocycles. The summed E-state index contributed by atoms with van der Waals surface area (Å²) in [7, 11) is 0. The SMILES string of the molecule is C=CC(C)C(=O)N1CCc2cc(C(=O)NO)ccc2C1.CC(N)(Cc1ccccc1)C(=O)N1CCc2cc(C(=O)NO)ccc2C1.CC1(C(=O)N2CCc3cc(C(=O)NO)ccc3C2)CC1.O=C(NO)c1ccc2c(c1)CCN(C(=O)C1CCCCCC1)C2.O=C(NO)c1ccc2c(c1)CCN(C(=O)C1CCOC1)C2.O=C(NO)c1ccc2c(c1)CCN(C(=O)COc1ccccc1)C2. The van der Waals surface area contributed by atoms with Crippen LogP contribution >= 0.6 is 0 Å². The number of carbonyl (C=O) groups excluding carboxylic acids is 12. The highest BCUT2D eigenvalue weighted by atomic mass is 16.5. The molecule has 33 heteroatoms. The summed E-state index contributed by atoms with van der Waals surface area (Å²) >= 11 is 0. The zero-order chi connectivity index (χ0) is 95.8. The number of para-hydroxylation sites is 1. The maximum absolute atomic E-state index is 13.0. The number of amides is 12. The van der Waals surface area contributed by atoms with Crippen molar-refractivity contribution in [2.45, 2.75) is 168 Å². The Bertz CT molecular complexity index is 5600. The van der Waals surface area contributed by atoms with E-state index in [4.69, 9.17) is 46.5 Å². The van der Waals surface area contributed by atoms with E-state index in [-0.39, 0.29) is 59.3 Å². The summed E-state index contributed by atoms with van der Waals surface area (Å²) in [5, 5.41) is 52.1. The van der Waals surface area contributed by atoms with Crippen LogP contribution in [-0.2, 0) is 118 Å². The van der Waals surface area contributed by atoms with E-state index in [2.05, 4.69) is 6.58 Å². The van der Waals surface area contributed by atoms with E-state index in [1.165, 1.54) is 25.7 Å². The molecule has 8 aromatic carbocycles. The lowest BCUT2D eigenvalue weighted by atomic mass is 9.90. The van der Waals surface area contributed by atoms with Gasteiger partial charge in [0, 0.05) is 130 Å². The highest BCUT2D eigenvalue weighted by molar-refractivity contribution is 5.97. The molecule has 17 rings (SSSR count). The van der Waals surface area contributed by atoms with Crippen molar-refractivity contribution in [1.29, 1.82) is 0 Å². The third-order valence-corrected chi connectivity index (χ3v) is 26.1. The maximum atomic E-state index is 13.0. The number of benzene rings is 8. The molecular weight excluding hydrogens is 1720 g/mol. The lowest BCUT2D eigenvalue weighted by Gasteiger charge is -2.35. The largest absolute Gasteiger partial charge is 0.484 e. The van der Waals surface area contributed by atoms with Crippen LogP contribution in [0.4, 0.5) is 0 Å². The van der Waals surface area contributed by atoms with E-state index in [0.717, 1.165) is 124 Å². The van der Waals surface area contributed by atoms with Crippen LogP contribution < -0.4 is 43.4 Å². The molecule has 12 amide bonds. The van der Waals surface area contributed by atoms with Gasteiger partial charge in [0.2, 0.25) is 29.5 Å². The van der Waals surface area contributed by atoms with Crippen molar-refractivity contribution in [3.8, 4) is 5.75 Å². The standard InChI is InChI=1S/C20H23N3O3.C18H18N2O4.C18H24N2O3.C15H18N2O4.2C15H18N2O3/c1-20(21,12-14-5-3-2-4-6-14)19(25)23-10-9-15-11-16(18(24)22-26)7-8-17(15)13-23;21-17(12-24-16-4-2-1-3-5-16)20-9-8-13-10-14(18(22)19-23)6-7-15(13)11-20;21-17(19-23)15-7-8-16-12-20(10-9-14(16)11-15)18(22)13-5-3-1-2-4-6-13;18-14(16-20)11-1-2-12-8-17(5-3-10(12)7-11)15(19)13-4-6-21-9-13;1-15(5-6-15)14(19)17-7-4-10-8-11(13(18)16-20)2-3-12(10)9-17;1-3-10(2)15(19)17-7-6-11-8-12(14(18)16-20)4-5-13(11)9-17/h2-8,11,26H,9-10,12-13,21H2,1H3,(H,22,24);1-7,10,23H,8-9,11-12H2,(H,19,22);7-8,11,13,23H,1-6,9-10,12H2,(H,19,21);1-2,7,13,20H,3-6,8-9H2,(H,16,18);2-3,8,20H,4-7,9H2,1H3,(H,16,18);3-5,8,10,20H,1,6-7,9H2,2H3,(H,16,18). The summed E-state index contributed by atoms with van der Waals surface area (Å²) < 4.78 is 10.8. The van der Waals surface area contributed by atoms with Crippen molar-refractivity contribution in [2.75, 3.05) is 59.1 Å². The second-order valence-corrected chi connectivity index (χ2v) is 35.6. The first-order chi connectivity index (χ1) is 64.5. The van der Waals surface area contributed by atoms with Crippen molar-refractivity contribution in [3.05, 3.63) is 288 Å². The van der Waals surface area contributed by atoms with Crippen LogP contribution in [0.1, 0.15) is 213 Å². The predicted octanol–water partition coefficient (Wildman–Crippen LogP) is 9.81. The number of nitrogens with zero attached hydrogens (tertiary/aromatic N) is 6. The number of nitrogens with two attached hydrogens (primary N) is 1. The third kappa shape index (κ3) is 25.9. The molecule has 3 unspecified atom stereocenters. The first-order valence-corrected chi connectivity index (χ1v) is 45.4. The molecule has 0 radical (unpaired) electrons. The fraction of sp³-hybridized carbons (Fsp3) is 0.386. The topological polar surface area (TPSA) is 462 Å². The molecule has 0 bridgehead atoms. The lowest BCUT2D eigenvalue weighted by Crippen LogP contribution is -2.55. The Morgan fingerprint density at radius 3 is 1.13 bits per heavy atom. The smallest absolute Gasteiger partial charge is 0.274 e. The number of fused-ring (bicyclic) bond motifs is 6. The Morgan fingerprint density at radius 2 is 0.761 bits per heavy atom. The minimum atomic E-state index is -0.977. The number of hydrogen-bond donors (Lipinski definition) is 13. The van der Waals surface area contributed by atoms with Gasteiger partial charge in [-0.2, -0.15) is 0 Å². The summed E-state index contributed by atoms with van der Waals surface area (Å²) in [4.78, 5) is 155. The van der Waals surface area contributed by atoms with Gasteiger partial charge in [-0.1, -0.05) is 131 Å². The molecule has 2 aliphatic carbocycles. The molecular formula is C101H119N13O20. The Balaban J connectivity index is 0.000000145. The number of hydroxylamine groups is 6. The van der Waals surface area contributed by atoms with Crippen LogP contribution in [0.15, 0.2) is 183 Å². The predicted molar refractivity (Wildman–Crippen MR) is 490 cm³/mol. The van der Waals surface area contributed by atoms with Gasteiger partial charge in [0.25, 0.3) is 41.4 Å². The van der Waals surface area contributed by atoms with Crippen molar-refractivity contribution >= 4 is 70.9 Å². The number of hydrogen-bond acceptors (Lipinski definition) is 21. The monoisotopic (exact) mass is 1830 g/mol. The average Bonchev–Trinajstić information content (AvgIpc) is 1.60. The van der Waals surface area contributed by atoms with Crippen molar-refractivity contribution in [3.63, 3.8) is 0 Å². The van der Waals surface area contributed by atoms with Crippen molar-refractivity contribution < 1.29 is 98.3 Å². The average molecular weight is 1840 g/mol. The van der Waals surface area contributed by atoms with Gasteiger partial charge in [-0.05, 0) is 241 Å². The van der Waals surface area contributed by atoms with E-state index in [1.807, 2.05) is 132 Å². The zero-order valence-corrected chi connectivity index (χ0v) is 75.8. The van der Waals surface area contributed by atoms with Gasteiger partial charge in [0.1, 0.15) is 5.75 Å². The minimum absolute atomic E-state index is 0.00431. The number of rotatable bonds is 17. The molecule has 3 fully saturated rings. The molecule has 9 aliphatic rings. The van der Waals surface area contributed by atoms with E-state index < -0.39 is 41.0 Å². The summed E-state index contributed by atoms with van der Waals surface area (Å²) in [5.74, 6) is -1.80. The van der Waals surface area contributed by atoms with Gasteiger partial charge in [0.15, 0.2) is 6.61 Å². The second-order valence-electron chi connectivity index (χ2n) is 35.6. The van der Waals surface area contributed by atoms with Crippen LogP contribution in [0.25, 0.3) is 0 Å². The van der Waals surface area contributed by atoms with Gasteiger partial charge >= 0.3 is 0 Å². The van der Waals surface area contributed by atoms with Gasteiger partial charge in [0.05, 0.1) is 24.0 Å². The minimum Gasteiger partial charge on any atom is -0.484 e. The van der Waals surface area contributed by atoms with Crippen LogP contribution in [-0.4, -0.2) is 196 Å². The normalized spacial score (nSPS) is 17.1. The highest BCUT2D eigenvalue weighted by Crippen LogP contribution is 2.47. The van der Waals surface area contributed by atoms with Gasteiger partial charge in [-0.15, -0.1) is 6.58 Å². The van der Waals surface area contributed by atoms with Crippen molar-refractivity contribution in [2.24, 2.45) is 28.9 Å². The molecule has 1 saturated heterocycles. The Hall–Kier alpha value is -13.4. The molecule has 14 N–H and O–H groups in total. The molecule has 0 spiro atoms. The Morgan fingerprint density at radius 1 is 0.433 bits per heavy atom. The molecule has 33 nitrogen and oxygen atoms in total. The van der Waals surface area contributed by atoms with E-state index in [0.29, 0.717) is 162 Å². The Labute approximate surface area is 777 Å². The summed E-state index contributed by atoms with van der Waals surface area (Å²) in [6.07, 6.45) is 16.1. The first kappa shape index (κ1) is 99.6. The van der Waals surface area contributed by atoms with E-state index in [1.54, 1.807) is 127 Å². The Kier molecular flexibility index (Phi) is 34.8. The van der Waals surface area contributed by atoms with Gasteiger partial charge in [-0.3, -0.25) is 88.8 Å². The molecule has 2 saturated carbocycles. The summed E-state index contributed by atoms with van der Waals surface area (Å²) in [5.41, 5.74) is 31.2. The molecule has 8 aromatic rings. The van der Waals surface area contributed by atoms with Gasteiger partial charge in [-0.25, -0.2) is 32.9 Å². The maximum Gasteiger partial charge on any atom is 0.274 e. The van der Waals surface area contributed by atoms with Crippen LogP contribution in [0, 0.1) is 23.2 Å². The van der Waals surface area contributed by atoms with Crippen LogP contribution in [0.5, 0.6) is 5.75 Å². The van der Waals surface area contributed by atoms with Crippen LogP contribution in [0.2, 0.25) is 0 Å². The highest BCUT2D eigenvalue weighted by Gasteiger charge is 2.48. The van der Waals surface area contributed by atoms with Crippen molar-refractivity contribution in [1.82, 2.24) is 62.3 Å². The second kappa shape index (κ2) is 46.8. The van der Waals surface area contributed by atoms with Gasteiger partial charge < -0.3 is 44.6 Å². The van der Waals surface area contributed by atoms with E-state index >= 15 is 0 Å². The number of nitrogens with one attached hydrogen (secondary N) is 6. The molecule has 7 heterocycles. The number of ether oxygens (including phenoxy) is 2. The summed E-state index contributed by atoms with van der Waals surface area (Å²) in [6.45, 7) is 17.6. The molecule has 708 valence electrons. The quantitative estimate of drug-likeness (QED) is 0.0174. The molecule has 134 heavy (non-hydrogen) atoms. The molecule has 3 atom stereocenters. The summed E-state index contributed by atoms with van der Waals surface area (Å²) in [6, 6.07) is 50.7. The zero-order valence-electron chi connectivity index (χ0n) is 75.8. The lowest BCUT2D eigenvalue weighted by molar-refractivity contribution is -0.138. The third-order valence-electron chi connectivity index (χ3n) is 26.1. The van der Waals surface area contributed by atoms with E-state index in [9.17, 15) is 57.5 Å². The number of carbonyl (C=O) groups is 12.